The summed E-state index contributed by atoms with van der Waals surface area (Å²) >= 11 is 4.86. The van der Waals surface area contributed by atoms with E-state index >= 15 is 0 Å². The third kappa shape index (κ3) is 4.83. The van der Waals surface area contributed by atoms with Crippen molar-refractivity contribution in [2.24, 2.45) is 0 Å². The van der Waals surface area contributed by atoms with Crippen LogP contribution in [-0.2, 0) is 16.0 Å². The molecule has 8 heteroatoms. The summed E-state index contributed by atoms with van der Waals surface area (Å²) in [5.41, 5.74) is 1.78. The first kappa shape index (κ1) is 19.6. The number of benzene rings is 2. The van der Waals surface area contributed by atoms with Crippen LogP contribution in [0.3, 0.4) is 0 Å². The van der Waals surface area contributed by atoms with Crippen molar-refractivity contribution in [2.45, 2.75) is 12.8 Å². The summed E-state index contributed by atoms with van der Waals surface area (Å²) in [6.45, 7) is 0.223. The van der Waals surface area contributed by atoms with Crippen LogP contribution in [0.25, 0.3) is 0 Å². The number of ether oxygens (including phenoxy) is 1. The Hall–Kier alpha value is -2.71. The van der Waals surface area contributed by atoms with Gasteiger partial charge in [0.25, 0.3) is 0 Å². The number of carbonyl (C=O) groups excluding carboxylic acids is 2. The summed E-state index contributed by atoms with van der Waals surface area (Å²) in [7, 11) is 0. The minimum absolute atomic E-state index is 0.0825. The van der Waals surface area contributed by atoms with Gasteiger partial charge < -0.3 is 10.1 Å². The van der Waals surface area contributed by atoms with Crippen LogP contribution < -0.4 is 15.0 Å². The number of hydrogen-bond donors (Lipinski definition) is 1. The quantitative estimate of drug-likeness (QED) is 0.603. The third-order valence-corrected chi connectivity index (χ3v) is 5.87. The molecular weight excluding hydrogens is 454 g/mol. The van der Waals surface area contributed by atoms with Gasteiger partial charge in [0.1, 0.15) is 12.3 Å². The van der Waals surface area contributed by atoms with Crippen LogP contribution in [-0.4, -0.2) is 29.9 Å². The van der Waals surface area contributed by atoms with Gasteiger partial charge in [-0.15, -0.1) is 11.3 Å². The number of nitrogens with one attached hydrogen (secondary N) is 1. The molecule has 0 saturated heterocycles. The smallest absolute Gasteiger partial charge is 0.246 e. The monoisotopic (exact) mass is 471 g/mol. The zero-order chi connectivity index (χ0) is 20.2. The van der Waals surface area contributed by atoms with Gasteiger partial charge in [-0.05, 0) is 29.8 Å². The summed E-state index contributed by atoms with van der Waals surface area (Å²) in [6, 6.07) is 15.3. The highest BCUT2D eigenvalue weighted by molar-refractivity contribution is 9.10. The summed E-state index contributed by atoms with van der Waals surface area (Å²) in [5, 5.41) is 3.32. The Morgan fingerprint density at radius 2 is 2.00 bits per heavy atom. The fourth-order valence-electron chi connectivity index (χ4n) is 3.05. The lowest BCUT2D eigenvalue weighted by Crippen LogP contribution is -2.37. The number of anilines is 2. The fraction of sp³-hybridized carbons (Fsp3) is 0.190. The number of carbonyl (C=O) groups is 2. The summed E-state index contributed by atoms with van der Waals surface area (Å²) in [6.07, 6.45) is 2.75. The number of halogens is 1. The molecule has 2 aromatic carbocycles. The molecule has 2 amide bonds. The molecule has 148 valence electrons. The largest absolute Gasteiger partial charge is 0.491 e. The first-order chi connectivity index (χ1) is 14.1. The van der Waals surface area contributed by atoms with E-state index in [2.05, 4.69) is 26.2 Å². The zero-order valence-corrected chi connectivity index (χ0v) is 17.8. The molecule has 0 aliphatic carbocycles. The Bertz CT molecular complexity index is 1040. The number of aromatic nitrogens is 1. The Morgan fingerprint density at radius 1 is 1.21 bits per heavy atom. The molecule has 0 spiro atoms. The molecular formula is C21H18BrN3O3S. The van der Waals surface area contributed by atoms with Crippen molar-refractivity contribution in [1.82, 2.24) is 4.98 Å². The highest BCUT2D eigenvalue weighted by Crippen LogP contribution is 2.31. The molecule has 6 nitrogen and oxygen atoms in total. The van der Waals surface area contributed by atoms with Crippen LogP contribution in [0.1, 0.15) is 16.9 Å². The second-order valence-corrected chi connectivity index (χ2v) is 8.56. The topological polar surface area (TPSA) is 71.5 Å². The molecule has 1 aromatic heterocycles. The molecule has 0 fully saturated rings. The molecule has 0 radical (unpaired) electrons. The predicted octanol–water partition coefficient (Wildman–Crippen LogP) is 4.25. The van der Waals surface area contributed by atoms with E-state index in [1.807, 2.05) is 36.4 Å². The maximum Gasteiger partial charge on any atom is 0.246 e. The number of hydrogen-bond acceptors (Lipinski definition) is 5. The van der Waals surface area contributed by atoms with Crippen molar-refractivity contribution in [3.63, 3.8) is 0 Å². The minimum Gasteiger partial charge on any atom is -0.491 e. The maximum atomic E-state index is 12.6. The van der Waals surface area contributed by atoms with Gasteiger partial charge in [-0.2, -0.15) is 0 Å². The first-order valence-corrected chi connectivity index (χ1v) is 10.7. The molecule has 0 bridgehead atoms. The van der Waals surface area contributed by atoms with Gasteiger partial charge >= 0.3 is 0 Å². The number of para-hydroxylation sites is 2. The molecule has 3 aromatic rings. The van der Waals surface area contributed by atoms with Crippen molar-refractivity contribution in [3.05, 3.63) is 69.6 Å². The van der Waals surface area contributed by atoms with E-state index in [-0.39, 0.29) is 24.8 Å². The molecule has 0 atom stereocenters. The molecule has 1 N–H and O–H groups in total. The van der Waals surface area contributed by atoms with E-state index in [1.165, 1.54) is 21.8 Å². The highest BCUT2D eigenvalue weighted by Gasteiger charge is 2.25. The molecule has 2 heterocycles. The van der Waals surface area contributed by atoms with Crippen LogP contribution in [0.4, 0.5) is 10.8 Å². The number of fused-ring (bicyclic) bond motifs is 1. The summed E-state index contributed by atoms with van der Waals surface area (Å²) in [5.74, 6) is 0.178. The normalized spacial score (nSPS) is 13.4. The number of thiazole rings is 1. The lowest BCUT2D eigenvalue weighted by Gasteiger charge is -2.20. The van der Waals surface area contributed by atoms with E-state index in [9.17, 15) is 9.59 Å². The molecule has 1 aliphatic heterocycles. The van der Waals surface area contributed by atoms with Gasteiger partial charge in [0.2, 0.25) is 11.8 Å². The maximum absolute atomic E-state index is 12.6. The van der Waals surface area contributed by atoms with Gasteiger partial charge in [0.05, 0.1) is 18.7 Å². The lowest BCUT2D eigenvalue weighted by atomic mass is 10.1. The average molecular weight is 472 g/mol. The van der Waals surface area contributed by atoms with E-state index in [0.29, 0.717) is 23.2 Å². The SMILES string of the molecule is O=C(CN1C(=O)CCOc2ccccc21)Nc1ncc(Cc2ccc(Br)cc2)s1. The Morgan fingerprint density at radius 3 is 2.83 bits per heavy atom. The van der Waals surface area contributed by atoms with E-state index in [0.717, 1.165) is 15.8 Å². The van der Waals surface area contributed by atoms with Crippen molar-refractivity contribution in [2.75, 3.05) is 23.4 Å². The van der Waals surface area contributed by atoms with Crippen molar-refractivity contribution in [1.29, 1.82) is 0 Å². The fourth-order valence-corrected chi connectivity index (χ4v) is 4.17. The Kier molecular flexibility index (Phi) is 5.92. The summed E-state index contributed by atoms with van der Waals surface area (Å²) < 4.78 is 6.64. The van der Waals surface area contributed by atoms with Gasteiger partial charge in [-0.25, -0.2) is 4.98 Å². The van der Waals surface area contributed by atoms with Crippen LogP contribution in [0.15, 0.2) is 59.2 Å². The lowest BCUT2D eigenvalue weighted by molar-refractivity contribution is -0.121. The second-order valence-electron chi connectivity index (χ2n) is 6.53. The van der Waals surface area contributed by atoms with Gasteiger partial charge in [0, 0.05) is 22.0 Å². The third-order valence-electron chi connectivity index (χ3n) is 4.42. The molecule has 1 aliphatic rings. The van der Waals surface area contributed by atoms with Gasteiger partial charge in [0.15, 0.2) is 5.13 Å². The highest BCUT2D eigenvalue weighted by atomic mass is 79.9. The molecule has 0 saturated carbocycles. The Balaban J connectivity index is 1.41. The van der Waals surface area contributed by atoms with Crippen LogP contribution in [0, 0.1) is 0 Å². The van der Waals surface area contributed by atoms with Crippen molar-refractivity contribution in [3.8, 4) is 5.75 Å². The van der Waals surface area contributed by atoms with E-state index < -0.39 is 0 Å². The Labute approximate surface area is 180 Å². The standard InChI is InChI=1S/C21H18BrN3O3S/c22-15-7-5-14(6-8-15)11-16-12-23-21(29-16)24-19(26)13-25-17-3-1-2-4-18(17)28-10-9-20(25)27/h1-8,12H,9-11,13H2,(H,23,24,26). The van der Waals surface area contributed by atoms with Gasteiger partial charge in [-0.1, -0.05) is 40.2 Å². The van der Waals surface area contributed by atoms with Crippen LogP contribution >= 0.6 is 27.3 Å². The molecule has 29 heavy (non-hydrogen) atoms. The number of amides is 2. The summed E-state index contributed by atoms with van der Waals surface area (Å²) in [4.78, 5) is 31.8. The second kappa shape index (κ2) is 8.75. The predicted molar refractivity (Wildman–Crippen MR) is 117 cm³/mol. The minimum atomic E-state index is -0.292. The van der Waals surface area contributed by atoms with Crippen molar-refractivity contribution < 1.29 is 14.3 Å². The number of nitrogens with zero attached hydrogens (tertiary/aromatic N) is 2. The molecule has 0 unspecified atom stereocenters. The molecule has 4 rings (SSSR count). The van der Waals surface area contributed by atoms with Crippen molar-refractivity contribution >= 4 is 49.9 Å². The zero-order valence-electron chi connectivity index (χ0n) is 15.4. The van der Waals surface area contributed by atoms with E-state index in [1.54, 1.807) is 18.3 Å². The number of rotatable bonds is 5. The first-order valence-electron chi connectivity index (χ1n) is 9.10. The van der Waals surface area contributed by atoms with E-state index in [4.69, 9.17) is 4.74 Å². The van der Waals surface area contributed by atoms with Crippen LogP contribution in [0.5, 0.6) is 5.75 Å². The van der Waals surface area contributed by atoms with Crippen LogP contribution in [0.2, 0.25) is 0 Å². The average Bonchev–Trinajstić information content (AvgIpc) is 3.08. The van der Waals surface area contributed by atoms with Gasteiger partial charge in [-0.3, -0.25) is 14.5 Å².